The van der Waals surface area contributed by atoms with Crippen LogP contribution >= 0.6 is 0 Å². The smallest absolute Gasteiger partial charge is 0.271 e. The normalized spacial score (nSPS) is 14.2. The van der Waals surface area contributed by atoms with Crippen molar-refractivity contribution in [3.63, 3.8) is 0 Å². The van der Waals surface area contributed by atoms with Gasteiger partial charge in [-0.05, 0) is 49.2 Å². The number of hydrogen-bond donors (Lipinski definition) is 0. The summed E-state index contributed by atoms with van der Waals surface area (Å²) >= 11 is 0. The van der Waals surface area contributed by atoms with Crippen LogP contribution in [0.2, 0.25) is 0 Å². The van der Waals surface area contributed by atoms with E-state index in [4.69, 9.17) is 4.74 Å². The fraction of sp³-hybridized carbons (Fsp3) is 0.320. The molecule has 166 valence electrons. The monoisotopic (exact) mass is 432 g/mol. The minimum atomic E-state index is -0.163. The Balaban J connectivity index is 1.43. The van der Waals surface area contributed by atoms with E-state index in [9.17, 15) is 9.59 Å². The van der Waals surface area contributed by atoms with E-state index in [1.165, 1.54) is 4.68 Å². The highest BCUT2D eigenvalue weighted by Crippen LogP contribution is 2.16. The molecule has 1 aliphatic rings. The molecule has 0 radical (unpaired) electrons. The quantitative estimate of drug-likeness (QED) is 0.620. The van der Waals surface area contributed by atoms with Gasteiger partial charge < -0.3 is 14.5 Å². The minimum absolute atomic E-state index is 0.120. The number of aromatic nitrogens is 2. The minimum Gasteiger partial charge on any atom is -0.497 e. The lowest BCUT2D eigenvalue weighted by atomic mass is 10.1. The van der Waals surface area contributed by atoms with Crippen LogP contribution in [-0.4, -0.2) is 53.9 Å². The van der Waals surface area contributed by atoms with Gasteiger partial charge in [-0.2, -0.15) is 4.68 Å². The van der Waals surface area contributed by atoms with Crippen molar-refractivity contribution in [2.45, 2.75) is 19.8 Å². The first-order chi connectivity index (χ1) is 15.5. The molecule has 32 heavy (non-hydrogen) atoms. The standard InChI is InChI=1S/C25H28N4O3/c1-19-4-8-21(9-5-19)29-24(30)13-12-23(26-29)27-14-3-15-28(17-16-27)25(31)18-20-6-10-22(32-2)11-7-20/h4-13H,3,14-18H2,1-2H3. The molecule has 2 aromatic carbocycles. The summed E-state index contributed by atoms with van der Waals surface area (Å²) in [5.41, 5.74) is 2.69. The van der Waals surface area contributed by atoms with Gasteiger partial charge in [0.2, 0.25) is 5.91 Å². The van der Waals surface area contributed by atoms with E-state index in [2.05, 4.69) is 10.00 Å². The average molecular weight is 433 g/mol. The number of ether oxygens (including phenoxy) is 1. The second kappa shape index (κ2) is 9.68. The number of hydrogen-bond acceptors (Lipinski definition) is 5. The van der Waals surface area contributed by atoms with Crippen molar-refractivity contribution in [1.82, 2.24) is 14.7 Å². The van der Waals surface area contributed by atoms with Crippen LogP contribution < -0.4 is 15.2 Å². The average Bonchev–Trinajstić information content (AvgIpc) is 3.07. The van der Waals surface area contributed by atoms with Crippen molar-refractivity contribution >= 4 is 11.7 Å². The second-order valence-corrected chi connectivity index (χ2v) is 8.02. The summed E-state index contributed by atoms with van der Waals surface area (Å²) in [7, 11) is 1.63. The molecule has 1 amide bonds. The molecule has 7 nitrogen and oxygen atoms in total. The zero-order valence-corrected chi connectivity index (χ0v) is 18.5. The summed E-state index contributed by atoms with van der Waals surface area (Å²) in [4.78, 5) is 29.3. The lowest BCUT2D eigenvalue weighted by Crippen LogP contribution is -2.36. The lowest BCUT2D eigenvalue weighted by molar-refractivity contribution is -0.130. The van der Waals surface area contributed by atoms with Gasteiger partial charge in [-0.25, -0.2) is 0 Å². The topological polar surface area (TPSA) is 67.7 Å². The van der Waals surface area contributed by atoms with E-state index in [1.807, 2.05) is 60.4 Å². The Labute approximate surface area is 187 Å². The predicted octanol–water partition coefficient (Wildman–Crippen LogP) is 2.83. The highest BCUT2D eigenvalue weighted by molar-refractivity contribution is 5.79. The molecule has 0 N–H and O–H groups in total. The third kappa shape index (κ3) is 4.99. The number of anilines is 1. The van der Waals surface area contributed by atoms with Crippen LogP contribution in [0.5, 0.6) is 5.75 Å². The van der Waals surface area contributed by atoms with Gasteiger partial charge in [0.15, 0.2) is 0 Å². The molecule has 0 unspecified atom stereocenters. The SMILES string of the molecule is COc1ccc(CC(=O)N2CCCN(c3ccc(=O)n(-c4ccc(C)cc4)n3)CC2)cc1. The molecule has 2 heterocycles. The van der Waals surface area contributed by atoms with E-state index in [1.54, 1.807) is 19.2 Å². The summed E-state index contributed by atoms with van der Waals surface area (Å²) < 4.78 is 6.62. The van der Waals surface area contributed by atoms with Crippen molar-refractivity contribution in [2.75, 3.05) is 38.2 Å². The van der Waals surface area contributed by atoms with E-state index >= 15 is 0 Å². The molecule has 4 rings (SSSR count). The van der Waals surface area contributed by atoms with Gasteiger partial charge in [0.1, 0.15) is 11.6 Å². The zero-order valence-electron chi connectivity index (χ0n) is 18.5. The van der Waals surface area contributed by atoms with Crippen molar-refractivity contribution < 1.29 is 9.53 Å². The first-order valence-corrected chi connectivity index (χ1v) is 10.9. The molecule has 1 aromatic heterocycles. The number of benzene rings is 2. The maximum atomic E-state index is 12.8. The Bertz CT molecular complexity index is 1120. The van der Waals surface area contributed by atoms with Crippen molar-refractivity contribution in [2.24, 2.45) is 0 Å². The van der Waals surface area contributed by atoms with Crippen LogP contribution in [0.15, 0.2) is 65.5 Å². The molecule has 1 fully saturated rings. The molecular formula is C25H28N4O3. The van der Waals surface area contributed by atoms with Gasteiger partial charge in [0.05, 0.1) is 19.2 Å². The molecule has 0 spiro atoms. The van der Waals surface area contributed by atoms with Gasteiger partial charge in [-0.1, -0.05) is 29.8 Å². The second-order valence-electron chi connectivity index (χ2n) is 8.02. The third-order valence-corrected chi connectivity index (χ3v) is 5.75. The summed E-state index contributed by atoms with van der Waals surface area (Å²) in [6.07, 6.45) is 1.22. The van der Waals surface area contributed by atoms with E-state index in [-0.39, 0.29) is 11.5 Å². The van der Waals surface area contributed by atoms with Crippen LogP contribution in [-0.2, 0) is 11.2 Å². The van der Waals surface area contributed by atoms with Gasteiger partial charge in [0, 0.05) is 32.2 Å². The van der Waals surface area contributed by atoms with Crippen molar-refractivity contribution in [1.29, 1.82) is 0 Å². The molecule has 0 atom stereocenters. The van der Waals surface area contributed by atoms with Crippen molar-refractivity contribution in [3.8, 4) is 11.4 Å². The van der Waals surface area contributed by atoms with E-state index < -0.39 is 0 Å². The Morgan fingerprint density at radius 3 is 2.41 bits per heavy atom. The highest BCUT2D eigenvalue weighted by atomic mass is 16.5. The first kappa shape index (κ1) is 21.6. The van der Waals surface area contributed by atoms with Crippen LogP contribution in [0, 0.1) is 6.92 Å². The van der Waals surface area contributed by atoms with E-state index in [0.29, 0.717) is 26.1 Å². The van der Waals surface area contributed by atoms with Crippen LogP contribution in [0.4, 0.5) is 5.82 Å². The number of rotatable bonds is 5. The molecule has 0 saturated carbocycles. The molecule has 1 saturated heterocycles. The predicted molar refractivity (Wildman–Crippen MR) is 125 cm³/mol. The summed E-state index contributed by atoms with van der Waals surface area (Å²) in [6, 6.07) is 18.7. The lowest BCUT2D eigenvalue weighted by Gasteiger charge is -2.23. The fourth-order valence-corrected chi connectivity index (χ4v) is 3.87. The Morgan fingerprint density at radius 2 is 1.69 bits per heavy atom. The van der Waals surface area contributed by atoms with Crippen LogP contribution in [0.25, 0.3) is 5.69 Å². The highest BCUT2D eigenvalue weighted by Gasteiger charge is 2.20. The molecular weight excluding hydrogens is 404 g/mol. The number of carbonyl (C=O) groups is 1. The first-order valence-electron chi connectivity index (χ1n) is 10.9. The number of amides is 1. The number of nitrogens with zero attached hydrogens (tertiary/aromatic N) is 4. The summed E-state index contributed by atoms with van der Waals surface area (Å²) in [5.74, 6) is 1.65. The zero-order chi connectivity index (χ0) is 22.5. The Hall–Kier alpha value is -3.61. The molecule has 1 aliphatic heterocycles. The maximum absolute atomic E-state index is 12.8. The fourth-order valence-electron chi connectivity index (χ4n) is 3.87. The van der Waals surface area contributed by atoms with Crippen LogP contribution in [0.1, 0.15) is 17.5 Å². The summed E-state index contributed by atoms with van der Waals surface area (Å²) in [5, 5.41) is 4.61. The Morgan fingerprint density at radius 1 is 0.938 bits per heavy atom. The third-order valence-electron chi connectivity index (χ3n) is 5.75. The van der Waals surface area contributed by atoms with Crippen molar-refractivity contribution in [3.05, 3.63) is 82.1 Å². The molecule has 3 aromatic rings. The van der Waals surface area contributed by atoms with E-state index in [0.717, 1.165) is 41.3 Å². The summed E-state index contributed by atoms with van der Waals surface area (Å²) in [6.45, 7) is 4.80. The van der Waals surface area contributed by atoms with Gasteiger partial charge in [0.25, 0.3) is 5.56 Å². The maximum Gasteiger partial charge on any atom is 0.271 e. The Kier molecular flexibility index (Phi) is 6.54. The van der Waals surface area contributed by atoms with Gasteiger partial charge in [-0.15, -0.1) is 5.10 Å². The molecule has 7 heteroatoms. The number of aryl methyl sites for hydroxylation is 1. The van der Waals surface area contributed by atoms with Gasteiger partial charge in [-0.3, -0.25) is 9.59 Å². The molecule has 0 aliphatic carbocycles. The van der Waals surface area contributed by atoms with Crippen LogP contribution in [0.3, 0.4) is 0 Å². The molecule has 0 bridgehead atoms. The van der Waals surface area contributed by atoms with Gasteiger partial charge >= 0.3 is 0 Å². The number of carbonyl (C=O) groups excluding carboxylic acids is 1. The number of methoxy groups -OCH3 is 1. The largest absolute Gasteiger partial charge is 0.497 e.